The third-order valence-electron chi connectivity index (χ3n) is 5.86. The molecule has 1 aromatic rings. The lowest BCUT2D eigenvalue weighted by atomic mass is 9.79. The van der Waals surface area contributed by atoms with Crippen molar-refractivity contribution in [1.82, 2.24) is 0 Å². The molecule has 3 unspecified atom stereocenters. The van der Waals surface area contributed by atoms with Crippen LogP contribution in [0.5, 0.6) is 5.75 Å². The fourth-order valence-corrected chi connectivity index (χ4v) is 4.17. The summed E-state index contributed by atoms with van der Waals surface area (Å²) in [5, 5.41) is 0. The van der Waals surface area contributed by atoms with Crippen LogP contribution in [0.3, 0.4) is 0 Å². The maximum Gasteiger partial charge on any atom is 0.122 e. The molecule has 2 aliphatic rings. The van der Waals surface area contributed by atoms with Gasteiger partial charge in [-0.1, -0.05) is 26.0 Å². The van der Waals surface area contributed by atoms with Gasteiger partial charge in [0, 0.05) is 6.61 Å². The van der Waals surface area contributed by atoms with E-state index in [0.29, 0.717) is 17.9 Å². The lowest BCUT2D eigenvalue weighted by Gasteiger charge is -2.27. The Morgan fingerprint density at radius 1 is 1.19 bits per heavy atom. The predicted octanol–water partition coefficient (Wildman–Crippen LogP) is 5.19. The number of benzene rings is 1. The first-order valence-electron chi connectivity index (χ1n) is 9.89. The van der Waals surface area contributed by atoms with Crippen LogP contribution in [0.25, 0.3) is 0 Å². The molecule has 0 saturated carbocycles. The number of rotatable bonds is 7. The predicted molar refractivity (Wildman–Crippen MR) is 106 cm³/mol. The first kappa shape index (κ1) is 19.0. The van der Waals surface area contributed by atoms with Gasteiger partial charge in [-0.2, -0.15) is 0 Å². The van der Waals surface area contributed by atoms with Crippen LogP contribution >= 0.6 is 0 Å². The number of hydrogen-bond donors (Lipinski definition) is 0. The molecule has 1 saturated heterocycles. The maximum atomic E-state index is 5.91. The van der Waals surface area contributed by atoms with Crippen LogP contribution in [0.1, 0.15) is 55.7 Å². The summed E-state index contributed by atoms with van der Waals surface area (Å²) < 4.78 is 16.9. The minimum atomic E-state index is 0.347. The van der Waals surface area contributed by atoms with Crippen molar-refractivity contribution in [3.8, 4) is 5.75 Å². The van der Waals surface area contributed by atoms with E-state index in [2.05, 4.69) is 44.2 Å². The molecule has 3 atom stereocenters. The van der Waals surface area contributed by atoms with Gasteiger partial charge in [0.15, 0.2) is 0 Å². The van der Waals surface area contributed by atoms with Gasteiger partial charge in [-0.3, -0.25) is 0 Å². The molecule has 26 heavy (non-hydrogen) atoms. The van der Waals surface area contributed by atoms with E-state index in [4.69, 9.17) is 14.2 Å². The van der Waals surface area contributed by atoms with Crippen LogP contribution in [-0.4, -0.2) is 26.9 Å². The molecule has 0 spiro atoms. The fraction of sp³-hybridized carbons (Fsp3) is 0.565. The molecule has 1 heterocycles. The fourth-order valence-electron chi connectivity index (χ4n) is 4.17. The lowest BCUT2D eigenvalue weighted by Crippen LogP contribution is -2.16. The summed E-state index contributed by atoms with van der Waals surface area (Å²) >= 11 is 0. The lowest BCUT2D eigenvalue weighted by molar-refractivity contribution is 0.111. The van der Waals surface area contributed by atoms with E-state index >= 15 is 0 Å². The zero-order valence-electron chi connectivity index (χ0n) is 16.6. The zero-order valence-corrected chi connectivity index (χ0v) is 16.6. The smallest absolute Gasteiger partial charge is 0.122 e. The highest BCUT2D eigenvalue weighted by atomic mass is 16.5. The van der Waals surface area contributed by atoms with Crippen LogP contribution in [0, 0.1) is 5.92 Å². The minimum absolute atomic E-state index is 0.347. The summed E-state index contributed by atoms with van der Waals surface area (Å²) in [6.07, 6.45) is 12.3. The van der Waals surface area contributed by atoms with Crippen molar-refractivity contribution in [2.45, 2.75) is 58.0 Å². The van der Waals surface area contributed by atoms with Crippen LogP contribution < -0.4 is 4.74 Å². The topological polar surface area (TPSA) is 27.7 Å². The Bertz CT molecular complexity index is 668. The molecule has 0 radical (unpaired) electrons. The summed E-state index contributed by atoms with van der Waals surface area (Å²) in [4.78, 5) is 0. The van der Waals surface area contributed by atoms with Gasteiger partial charge >= 0.3 is 0 Å². The third-order valence-corrected chi connectivity index (χ3v) is 5.86. The first-order valence-corrected chi connectivity index (χ1v) is 9.89. The second-order valence-corrected chi connectivity index (χ2v) is 7.41. The molecule has 142 valence electrons. The van der Waals surface area contributed by atoms with Gasteiger partial charge in [-0.15, -0.1) is 0 Å². The van der Waals surface area contributed by atoms with Gasteiger partial charge in [0.2, 0.25) is 0 Å². The summed E-state index contributed by atoms with van der Waals surface area (Å²) in [7, 11) is 3.50. The highest BCUT2D eigenvalue weighted by molar-refractivity contribution is 5.45. The van der Waals surface area contributed by atoms with Gasteiger partial charge in [0.25, 0.3) is 0 Å². The largest absolute Gasteiger partial charge is 0.497 e. The first-order chi connectivity index (χ1) is 12.7. The van der Waals surface area contributed by atoms with E-state index in [-0.39, 0.29) is 0 Å². The number of methoxy groups -OCH3 is 2. The van der Waals surface area contributed by atoms with E-state index in [9.17, 15) is 0 Å². The molecule has 0 bridgehead atoms. The maximum absolute atomic E-state index is 5.91. The van der Waals surface area contributed by atoms with E-state index in [1.54, 1.807) is 14.2 Å². The van der Waals surface area contributed by atoms with Crippen molar-refractivity contribution >= 4 is 0 Å². The summed E-state index contributed by atoms with van der Waals surface area (Å²) in [6.45, 7) is 5.44. The molecule has 1 aromatic carbocycles. The summed E-state index contributed by atoms with van der Waals surface area (Å²) in [6, 6.07) is 4.63. The van der Waals surface area contributed by atoms with Crippen molar-refractivity contribution in [2.24, 2.45) is 5.92 Å². The Kier molecular flexibility index (Phi) is 6.42. The van der Waals surface area contributed by atoms with E-state index in [1.165, 1.54) is 23.1 Å². The molecule has 1 aliphatic heterocycles. The van der Waals surface area contributed by atoms with Crippen molar-refractivity contribution < 1.29 is 14.2 Å². The van der Waals surface area contributed by atoms with Crippen molar-refractivity contribution in [2.75, 3.05) is 20.8 Å². The molecule has 3 rings (SSSR count). The van der Waals surface area contributed by atoms with Gasteiger partial charge < -0.3 is 14.2 Å². The van der Waals surface area contributed by atoms with Crippen molar-refractivity contribution in [1.29, 1.82) is 0 Å². The van der Waals surface area contributed by atoms with Gasteiger partial charge in [0.05, 0.1) is 20.3 Å². The highest BCUT2D eigenvalue weighted by Gasteiger charge is 2.25. The number of ether oxygens (including phenoxy) is 3. The number of aryl methyl sites for hydroxylation is 1. The van der Waals surface area contributed by atoms with Crippen LogP contribution in [0.15, 0.2) is 36.1 Å². The van der Waals surface area contributed by atoms with E-state index in [0.717, 1.165) is 43.8 Å². The van der Waals surface area contributed by atoms with E-state index < -0.39 is 0 Å². The van der Waals surface area contributed by atoms with Gasteiger partial charge in [0.1, 0.15) is 11.5 Å². The van der Waals surface area contributed by atoms with Crippen LogP contribution in [-0.2, 0) is 22.3 Å². The highest BCUT2D eigenvalue weighted by Crippen LogP contribution is 2.37. The molecule has 0 N–H and O–H groups in total. The molecule has 3 heteroatoms. The summed E-state index contributed by atoms with van der Waals surface area (Å²) in [5.41, 5.74) is 4.12. The van der Waals surface area contributed by atoms with Crippen molar-refractivity contribution in [3.05, 3.63) is 52.8 Å². The Morgan fingerprint density at radius 3 is 2.62 bits per heavy atom. The van der Waals surface area contributed by atoms with Gasteiger partial charge in [-0.05, 0) is 78.8 Å². The summed E-state index contributed by atoms with van der Waals surface area (Å²) in [5.74, 6) is 2.93. The molecule has 1 fully saturated rings. The Balaban J connectivity index is 1.89. The quantitative estimate of drug-likeness (QED) is 0.673. The Labute approximate surface area is 158 Å². The zero-order chi connectivity index (χ0) is 18.5. The number of allylic oxidation sites excluding steroid dienone is 3. The van der Waals surface area contributed by atoms with Crippen molar-refractivity contribution in [3.63, 3.8) is 0 Å². The average molecular weight is 357 g/mol. The second kappa shape index (κ2) is 8.77. The molecule has 1 aliphatic carbocycles. The van der Waals surface area contributed by atoms with Crippen LogP contribution in [0.2, 0.25) is 0 Å². The molecular formula is C23H32O3. The standard InChI is InChI=1S/C23H32O3/c1-5-17-14-22(16(2)18-8-10-20(24-3)11-9-18)19(15-23(17)25-4)13-21-7-6-12-26-21/h8,10-11,14-16,18,21H,5-7,9,12-13H2,1-4H3. The van der Waals surface area contributed by atoms with Crippen LogP contribution in [0.4, 0.5) is 0 Å². The molecule has 0 amide bonds. The number of hydrogen-bond acceptors (Lipinski definition) is 3. The monoisotopic (exact) mass is 356 g/mol. The molecule has 3 nitrogen and oxygen atoms in total. The van der Waals surface area contributed by atoms with Gasteiger partial charge in [-0.25, -0.2) is 0 Å². The molecular weight excluding hydrogens is 324 g/mol. The SMILES string of the molecule is CCc1cc(C(C)C2C=CC(OC)=CC2)c(CC2CCCO2)cc1OC. The average Bonchev–Trinajstić information content (AvgIpc) is 3.20. The normalized spacial score (nSPS) is 23.6. The second-order valence-electron chi connectivity index (χ2n) is 7.41. The Hall–Kier alpha value is -1.74. The van der Waals surface area contributed by atoms with E-state index in [1.807, 2.05) is 0 Å². The third kappa shape index (κ3) is 4.15. The Morgan fingerprint density at radius 2 is 2.04 bits per heavy atom. The molecule has 0 aromatic heterocycles. The minimum Gasteiger partial charge on any atom is -0.497 e.